The second-order valence-corrected chi connectivity index (χ2v) is 12.9. The molecule has 0 saturated carbocycles. The van der Waals surface area contributed by atoms with Gasteiger partial charge in [0.15, 0.2) is 0 Å². The molecule has 0 unspecified atom stereocenters. The SMILES string of the molecule is CC(C)C[C@H](NC(=O)CNC(=O)[C@@H](NC(=O)CNC(=O)[C@H](CCC(=O)O)NC(=O)[C@H](C)NC(=O)[C@H](C)NC(=O)[C@@H]1CCCN1)C(C)C)C(=O)O. The van der Waals surface area contributed by atoms with Gasteiger partial charge in [0.1, 0.15) is 30.2 Å². The van der Waals surface area contributed by atoms with E-state index in [9.17, 15) is 48.3 Å². The highest BCUT2D eigenvalue weighted by molar-refractivity contribution is 5.96. The Hall–Kier alpha value is -4.81. The Morgan fingerprint density at radius 1 is 0.680 bits per heavy atom. The molecule has 1 heterocycles. The third-order valence-corrected chi connectivity index (χ3v) is 7.61. The van der Waals surface area contributed by atoms with Gasteiger partial charge in [-0.05, 0) is 57.9 Å². The number of aliphatic carboxylic acids is 2. The number of hydrogen-bond donors (Lipinski definition) is 10. The summed E-state index contributed by atoms with van der Waals surface area (Å²) in [6.45, 7) is 9.06. The van der Waals surface area contributed by atoms with Crippen LogP contribution in [-0.2, 0) is 43.2 Å². The van der Waals surface area contributed by atoms with Crippen LogP contribution in [0.5, 0.6) is 0 Å². The maximum Gasteiger partial charge on any atom is 0.326 e. The number of amides is 7. The molecule has 19 nitrogen and oxygen atoms in total. The average molecular weight is 713 g/mol. The minimum atomic E-state index is -1.41. The number of carbonyl (C=O) groups is 9. The summed E-state index contributed by atoms with van der Waals surface area (Å²) >= 11 is 0. The van der Waals surface area contributed by atoms with E-state index < -0.39 is 109 Å². The van der Waals surface area contributed by atoms with Gasteiger partial charge in [-0.2, -0.15) is 0 Å². The van der Waals surface area contributed by atoms with Crippen molar-refractivity contribution in [2.75, 3.05) is 19.6 Å². The van der Waals surface area contributed by atoms with Gasteiger partial charge < -0.3 is 52.7 Å². The zero-order valence-corrected chi connectivity index (χ0v) is 29.3. The number of hydrogen-bond acceptors (Lipinski definition) is 10. The lowest BCUT2D eigenvalue weighted by Gasteiger charge is -2.24. The molecule has 0 aromatic rings. The molecule has 0 bridgehead atoms. The van der Waals surface area contributed by atoms with Crippen molar-refractivity contribution in [1.29, 1.82) is 0 Å². The largest absolute Gasteiger partial charge is 0.481 e. The monoisotopic (exact) mass is 712 g/mol. The number of carboxylic acids is 2. The van der Waals surface area contributed by atoms with Crippen LogP contribution in [0, 0.1) is 11.8 Å². The Kier molecular flexibility index (Phi) is 18.4. The molecular formula is C31H52N8O11. The minimum absolute atomic E-state index is 0.0126. The third-order valence-electron chi connectivity index (χ3n) is 7.61. The van der Waals surface area contributed by atoms with Crippen LogP contribution < -0.4 is 42.5 Å². The normalized spacial score (nSPS) is 16.9. The Morgan fingerprint density at radius 3 is 1.76 bits per heavy atom. The van der Waals surface area contributed by atoms with Gasteiger partial charge in [-0.15, -0.1) is 0 Å². The van der Waals surface area contributed by atoms with Crippen LogP contribution in [0.25, 0.3) is 0 Å². The molecule has 19 heteroatoms. The van der Waals surface area contributed by atoms with Crippen LogP contribution in [0.4, 0.5) is 0 Å². The zero-order valence-electron chi connectivity index (χ0n) is 29.3. The first-order chi connectivity index (χ1) is 23.3. The molecule has 1 fully saturated rings. The molecule has 0 aromatic heterocycles. The summed E-state index contributed by atoms with van der Waals surface area (Å²) < 4.78 is 0. The van der Waals surface area contributed by atoms with Crippen molar-refractivity contribution in [2.24, 2.45) is 11.8 Å². The van der Waals surface area contributed by atoms with Crippen molar-refractivity contribution >= 4 is 53.3 Å². The van der Waals surface area contributed by atoms with Crippen molar-refractivity contribution in [1.82, 2.24) is 42.5 Å². The summed E-state index contributed by atoms with van der Waals surface area (Å²) in [7, 11) is 0. The topological polar surface area (TPSA) is 290 Å². The predicted molar refractivity (Wildman–Crippen MR) is 177 cm³/mol. The van der Waals surface area contributed by atoms with E-state index in [-0.39, 0.29) is 24.7 Å². The number of nitrogens with one attached hydrogen (secondary N) is 8. The van der Waals surface area contributed by atoms with Crippen LogP contribution in [0.2, 0.25) is 0 Å². The van der Waals surface area contributed by atoms with Gasteiger partial charge in [0.25, 0.3) is 0 Å². The second-order valence-electron chi connectivity index (χ2n) is 12.9. The van der Waals surface area contributed by atoms with Crippen molar-refractivity contribution in [3.8, 4) is 0 Å². The standard InChI is InChI=1S/C31H52N8O11/c1-15(2)12-21(31(49)50)37-22(40)13-34-30(48)25(16(3)4)39-23(41)14-33-28(46)20(9-10-24(42)43)38-27(45)18(6)35-26(44)17(5)36-29(47)19-8-7-11-32-19/h15-21,25,32H,7-14H2,1-6H3,(H,33,46)(H,34,48)(H,35,44)(H,36,47)(H,37,40)(H,38,45)(H,39,41)(H,42,43)(H,49,50)/t17-,18-,19-,20-,21-,25-/m0/s1. The smallest absolute Gasteiger partial charge is 0.326 e. The molecule has 0 aromatic carbocycles. The molecule has 50 heavy (non-hydrogen) atoms. The molecular weight excluding hydrogens is 660 g/mol. The summed E-state index contributed by atoms with van der Waals surface area (Å²) in [5.41, 5.74) is 0. The van der Waals surface area contributed by atoms with Crippen molar-refractivity contribution < 1.29 is 53.4 Å². The molecule has 1 aliphatic rings. The molecule has 0 aliphatic carbocycles. The maximum atomic E-state index is 12.9. The first-order valence-corrected chi connectivity index (χ1v) is 16.6. The number of rotatable bonds is 21. The molecule has 6 atom stereocenters. The molecule has 0 radical (unpaired) electrons. The second kappa shape index (κ2) is 21.3. The number of carboxylic acid groups (broad SMARTS) is 2. The van der Waals surface area contributed by atoms with E-state index in [0.717, 1.165) is 6.42 Å². The van der Waals surface area contributed by atoms with E-state index in [2.05, 4.69) is 42.5 Å². The molecule has 10 N–H and O–H groups in total. The highest BCUT2D eigenvalue weighted by Crippen LogP contribution is 2.07. The minimum Gasteiger partial charge on any atom is -0.481 e. The van der Waals surface area contributed by atoms with Gasteiger partial charge in [0.2, 0.25) is 41.4 Å². The third kappa shape index (κ3) is 16.1. The Labute approximate surface area is 290 Å². The number of carbonyl (C=O) groups excluding carboxylic acids is 7. The highest BCUT2D eigenvalue weighted by Gasteiger charge is 2.30. The molecule has 1 aliphatic heterocycles. The van der Waals surface area contributed by atoms with Crippen LogP contribution in [0.3, 0.4) is 0 Å². The van der Waals surface area contributed by atoms with Crippen molar-refractivity contribution in [3.63, 3.8) is 0 Å². The first kappa shape index (κ1) is 43.2. The molecule has 1 rings (SSSR count). The van der Waals surface area contributed by atoms with Crippen LogP contribution >= 0.6 is 0 Å². The van der Waals surface area contributed by atoms with Crippen molar-refractivity contribution in [3.05, 3.63) is 0 Å². The van der Waals surface area contributed by atoms with Crippen LogP contribution in [-0.4, -0.2) is 119 Å². The predicted octanol–water partition coefficient (Wildman–Crippen LogP) is -2.91. The Morgan fingerprint density at radius 2 is 1.24 bits per heavy atom. The van der Waals surface area contributed by atoms with E-state index in [0.29, 0.717) is 13.0 Å². The fourth-order valence-corrected chi connectivity index (χ4v) is 4.79. The van der Waals surface area contributed by atoms with E-state index in [1.165, 1.54) is 13.8 Å². The van der Waals surface area contributed by atoms with E-state index in [1.807, 2.05) is 0 Å². The average Bonchev–Trinajstić information content (AvgIpc) is 3.57. The fraction of sp³-hybridized carbons (Fsp3) is 0.710. The van der Waals surface area contributed by atoms with Gasteiger partial charge >= 0.3 is 11.9 Å². The van der Waals surface area contributed by atoms with Crippen LogP contribution in [0.1, 0.15) is 73.6 Å². The van der Waals surface area contributed by atoms with Gasteiger partial charge in [-0.1, -0.05) is 27.7 Å². The maximum absolute atomic E-state index is 12.9. The summed E-state index contributed by atoms with van der Waals surface area (Å²) in [5.74, 6) is -8.01. The fourth-order valence-electron chi connectivity index (χ4n) is 4.79. The van der Waals surface area contributed by atoms with Gasteiger partial charge in [-0.25, -0.2) is 4.79 Å². The first-order valence-electron chi connectivity index (χ1n) is 16.6. The van der Waals surface area contributed by atoms with E-state index in [1.54, 1.807) is 27.7 Å². The quantitative estimate of drug-likeness (QED) is 0.0573. The lowest BCUT2D eigenvalue weighted by Crippen LogP contribution is -2.57. The molecule has 7 amide bonds. The summed E-state index contributed by atoms with van der Waals surface area (Å²) in [4.78, 5) is 111. The summed E-state index contributed by atoms with van der Waals surface area (Å²) in [6.07, 6.45) is 0.768. The Balaban J connectivity index is 2.72. The van der Waals surface area contributed by atoms with Gasteiger partial charge in [0.05, 0.1) is 19.1 Å². The van der Waals surface area contributed by atoms with Gasteiger partial charge in [0, 0.05) is 6.42 Å². The lowest BCUT2D eigenvalue weighted by atomic mass is 10.0. The summed E-state index contributed by atoms with van der Waals surface area (Å²) in [5, 5.41) is 38.2. The molecule has 282 valence electrons. The molecule has 0 spiro atoms. The van der Waals surface area contributed by atoms with Crippen LogP contribution in [0.15, 0.2) is 0 Å². The summed E-state index contributed by atoms with van der Waals surface area (Å²) in [6, 6.07) is -6.28. The van der Waals surface area contributed by atoms with E-state index >= 15 is 0 Å². The molecule has 1 saturated heterocycles. The zero-order chi connectivity index (χ0) is 38.1. The lowest BCUT2D eigenvalue weighted by molar-refractivity contribution is -0.142. The van der Waals surface area contributed by atoms with Gasteiger partial charge in [-0.3, -0.25) is 38.4 Å². The Bertz CT molecular complexity index is 1250. The van der Waals surface area contributed by atoms with E-state index in [4.69, 9.17) is 5.11 Å². The highest BCUT2D eigenvalue weighted by atomic mass is 16.4. The van der Waals surface area contributed by atoms with Crippen molar-refractivity contribution in [2.45, 2.75) is 110 Å².